The van der Waals surface area contributed by atoms with Crippen LogP contribution >= 0.6 is 23.2 Å². The molecule has 0 spiro atoms. The van der Waals surface area contributed by atoms with Gasteiger partial charge in [0.1, 0.15) is 18.3 Å². The van der Waals surface area contributed by atoms with Gasteiger partial charge in [-0.15, -0.1) is 0 Å². The molecule has 1 atom stereocenters. The van der Waals surface area contributed by atoms with Crippen LogP contribution in [0.4, 0.5) is 5.69 Å². The number of carbonyl (C=O) groups is 2. The van der Waals surface area contributed by atoms with Crippen molar-refractivity contribution in [3.8, 4) is 5.75 Å². The highest BCUT2D eigenvalue weighted by Crippen LogP contribution is 2.28. The molecule has 0 aliphatic carbocycles. The van der Waals surface area contributed by atoms with Crippen molar-refractivity contribution in [3.05, 3.63) is 87.9 Å². The summed E-state index contributed by atoms with van der Waals surface area (Å²) in [5, 5.41) is 3.63. The summed E-state index contributed by atoms with van der Waals surface area (Å²) in [4.78, 5) is 28.7. The first-order chi connectivity index (χ1) is 20.0. The van der Waals surface area contributed by atoms with E-state index in [1.165, 1.54) is 17.0 Å². The Morgan fingerprint density at radius 1 is 0.952 bits per heavy atom. The van der Waals surface area contributed by atoms with E-state index in [1.807, 2.05) is 20.8 Å². The van der Waals surface area contributed by atoms with Crippen molar-refractivity contribution in [1.29, 1.82) is 0 Å². The van der Waals surface area contributed by atoms with Crippen molar-refractivity contribution in [3.63, 3.8) is 0 Å². The maximum atomic E-state index is 14.1. The molecule has 42 heavy (non-hydrogen) atoms. The van der Waals surface area contributed by atoms with Crippen molar-refractivity contribution >= 4 is 50.7 Å². The maximum Gasteiger partial charge on any atom is 0.264 e. The molecule has 3 aromatic carbocycles. The van der Waals surface area contributed by atoms with Gasteiger partial charge in [-0.1, -0.05) is 60.8 Å². The summed E-state index contributed by atoms with van der Waals surface area (Å²) in [5.41, 5.74) is 1.82. The summed E-state index contributed by atoms with van der Waals surface area (Å²) in [6.07, 6.45) is 1.03. The van der Waals surface area contributed by atoms with Crippen LogP contribution in [-0.2, 0) is 26.2 Å². The Bertz CT molecular complexity index is 1460. The number of aryl methyl sites for hydroxylation is 1. The largest absolute Gasteiger partial charge is 0.494 e. The molecule has 0 radical (unpaired) electrons. The van der Waals surface area contributed by atoms with Gasteiger partial charge in [-0.25, -0.2) is 8.42 Å². The predicted molar refractivity (Wildman–Crippen MR) is 168 cm³/mol. The van der Waals surface area contributed by atoms with Gasteiger partial charge >= 0.3 is 0 Å². The van der Waals surface area contributed by atoms with Gasteiger partial charge in [-0.3, -0.25) is 13.9 Å². The third-order valence-corrected chi connectivity index (χ3v) is 8.99. The van der Waals surface area contributed by atoms with Crippen LogP contribution in [0.3, 0.4) is 0 Å². The summed E-state index contributed by atoms with van der Waals surface area (Å²) in [7, 11) is -4.19. The minimum atomic E-state index is -4.19. The summed E-state index contributed by atoms with van der Waals surface area (Å²) in [6, 6.07) is 17.0. The van der Waals surface area contributed by atoms with Crippen LogP contribution in [0.5, 0.6) is 5.75 Å². The number of carbonyl (C=O) groups excluding carboxylic acids is 2. The number of sulfonamides is 1. The van der Waals surface area contributed by atoms with E-state index in [2.05, 4.69) is 5.32 Å². The third kappa shape index (κ3) is 8.40. The quantitative estimate of drug-likeness (QED) is 0.227. The van der Waals surface area contributed by atoms with Crippen molar-refractivity contribution in [2.75, 3.05) is 24.0 Å². The van der Waals surface area contributed by atoms with E-state index in [1.54, 1.807) is 61.5 Å². The number of rotatable bonds is 14. The molecule has 0 bridgehead atoms. The fourth-order valence-corrected chi connectivity index (χ4v) is 6.24. The number of halogens is 2. The van der Waals surface area contributed by atoms with Crippen LogP contribution in [0, 0.1) is 6.92 Å². The van der Waals surface area contributed by atoms with E-state index >= 15 is 0 Å². The van der Waals surface area contributed by atoms with E-state index in [0.717, 1.165) is 16.3 Å². The number of amides is 2. The number of anilines is 1. The topological polar surface area (TPSA) is 96.0 Å². The molecule has 226 valence electrons. The van der Waals surface area contributed by atoms with Crippen molar-refractivity contribution in [2.24, 2.45) is 0 Å². The smallest absolute Gasteiger partial charge is 0.264 e. The van der Waals surface area contributed by atoms with Crippen LogP contribution < -0.4 is 14.4 Å². The molecule has 0 heterocycles. The minimum Gasteiger partial charge on any atom is -0.494 e. The highest BCUT2D eigenvalue weighted by atomic mass is 35.5. The highest BCUT2D eigenvalue weighted by molar-refractivity contribution is 7.92. The fourth-order valence-electron chi connectivity index (χ4n) is 4.36. The molecule has 0 fully saturated rings. The van der Waals surface area contributed by atoms with Crippen LogP contribution in [-0.4, -0.2) is 50.9 Å². The van der Waals surface area contributed by atoms with Gasteiger partial charge in [0, 0.05) is 23.1 Å². The van der Waals surface area contributed by atoms with Gasteiger partial charge < -0.3 is 15.0 Å². The van der Waals surface area contributed by atoms with Crippen LogP contribution in [0.25, 0.3) is 0 Å². The van der Waals surface area contributed by atoms with Crippen LogP contribution in [0.15, 0.2) is 71.6 Å². The fraction of sp³-hybridized carbons (Fsp3) is 0.355. The first-order valence-electron chi connectivity index (χ1n) is 13.8. The number of hydrogen-bond acceptors (Lipinski definition) is 5. The first-order valence-corrected chi connectivity index (χ1v) is 16.0. The lowest BCUT2D eigenvalue weighted by Crippen LogP contribution is -2.52. The zero-order valence-corrected chi connectivity index (χ0v) is 26.6. The number of nitrogens with one attached hydrogen (secondary N) is 1. The normalized spacial score (nSPS) is 12.0. The Kier molecular flexibility index (Phi) is 12.1. The number of benzene rings is 3. The number of hydrogen-bond donors (Lipinski definition) is 1. The molecule has 1 N–H and O–H groups in total. The lowest BCUT2D eigenvalue weighted by molar-refractivity contribution is -0.140. The van der Waals surface area contributed by atoms with E-state index in [9.17, 15) is 18.0 Å². The second-order valence-electron chi connectivity index (χ2n) is 9.72. The molecule has 3 rings (SSSR count). The van der Waals surface area contributed by atoms with Gasteiger partial charge in [0.05, 0.1) is 17.2 Å². The Morgan fingerprint density at radius 2 is 1.62 bits per heavy atom. The first kappa shape index (κ1) is 33.2. The van der Waals surface area contributed by atoms with Gasteiger partial charge in [0.15, 0.2) is 0 Å². The molecule has 0 aromatic heterocycles. The van der Waals surface area contributed by atoms with E-state index in [0.29, 0.717) is 46.6 Å². The molecular formula is C31H37Cl2N3O5S. The molecule has 0 unspecified atom stereocenters. The molecule has 0 saturated carbocycles. The molecule has 0 aliphatic rings. The van der Waals surface area contributed by atoms with E-state index in [-0.39, 0.29) is 17.3 Å². The monoisotopic (exact) mass is 633 g/mol. The Balaban J connectivity index is 2.06. The summed E-state index contributed by atoms with van der Waals surface area (Å²) >= 11 is 12.5. The lowest BCUT2D eigenvalue weighted by Gasteiger charge is -2.33. The standard InChI is InChI=1S/C31H37Cl2N3O5S/c1-5-18-34-31(38)29(6-2)35(20-23-10-11-24(32)19-28(23)33)30(37)21-36(25-12-8-22(4)9-13-25)42(39,40)27-16-14-26(15-17-27)41-7-3/h8-17,19,29H,5-7,18,20-21H2,1-4H3,(H,34,38)/t29-/m0/s1. The van der Waals surface area contributed by atoms with E-state index in [4.69, 9.17) is 27.9 Å². The summed E-state index contributed by atoms with van der Waals surface area (Å²) in [5.74, 6) is -0.354. The SMILES string of the molecule is CCCNC(=O)[C@H](CC)N(Cc1ccc(Cl)cc1Cl)C(=O)CN(c1ccc(C)cc1)S(=O)(=O)c1ccc(OCC)cc1. The van der Waals surface area contributed by atoms with Gasteiger partial charge in [-0.05, 0) is 80.8 Å². The molecular weight excluding hydrogens is 597 g/mol. The summed E-state index contributed by atoms with van der Waals surface area (Å²) < 4.78 is 34.5. The van der Waals surface area contributed by atoms with Crippen LogP contribution in [0.1, 0.15) is 44.7 Å². The zero-order chi connectivity index (χ0) is 30.9. The van der Waals surface area contributed by atoms with E-state index < -0.39 is 28.5 Å². The molecule has 0 saturated heterocycles. The average molecular weight is 635 g/mol. The zero-order valence-electron chi connectivity index (χ0n) is 24.3. The van der Waals surface area contributed by atoms with Gasteiger partial charge in [-0.2, -0.15) is 0 Å². The summed E-state index contributed by atoms with van der Waals surface area (Å²) in [6.45, 7) is 7.79. The molecule has 0 aliphatic heterocycles. The Labute approximate surface area is 258 Å². The Morgan fingerprint density at radius 3 is 2.19 bits per heavy atom. The van der Waals surface area contributed by atoms with Crippen molar-refractivity contribution in [1.82, 2.24) is 10.2 Å². The Hall–Kier alpha value is -3.27. The number of ether oxygens (including phenoxy) is 1. The third-order valence-electron chi connectivity index (χ3n) is 6.61. The average Bonchev–Trinajstić information content (AvgIpc) is 2.96. The van der Waals surface area contributed by atoms with Gasteiger partial charge in [0.25, 0.3) is 10.0 Å². The van der Waals surface area contributed by atoms with Crippen LogP contribution in [0.2, 0.25) is 10.0 Å². The second-order valence-corrected chi connectivity index (χ2v) is 12.4. The van der Waals surface area contributed by atoms with Gasteiger partial charge in [0.2, 0.25) is 11.8 Å². The molecule has 3 aromatic rings. The molecule has 8 nitrogen and oxygen atoms in total. The maximum absolute atomic E-state index is 14.1. The molecule has 11 heteroatoms. The van der Waals surface area contributed by atoms with Crippen molar-refractivity contribution in [2.45, 2.75) is 58.0 Å². The van der Waals surface area contributed by atoms with Crippen molar-refractivity contribution < 1.29 is 22.7 Å². The minimum absolute atomic E-state index is 0.000598. The lowest BCUT2D eigenvalue weighted by atomic mass is 10.1. The second kappa shape index (κ2) is 15.3. The highest BCUT2D eigenvalue weighted by Gasteiger charge is 2.34. The number of nitrogens with zero attached hydrogens (tertiary/aromatic N) is 2. The predicted octanol–water partition coefficient (Wildman–Crippen LogP) is 6.23. The molecule has 2 amide bonds.